The molecule has 1 aromatic carbocycles. The van der Waals surface area contributed by atoms with Crippen LogP contribution in [0.4, 0.5) is 0 Å². The molecule has 3 rings (SSSR count). The van der Waals surface area contributed by atoms with Crippen molar-refractivity contribution in [2.75, 3.05) is 19.7 Å². The van der Waals surface area contributed by atoms with Crippen molar-refractivity contribution in [1.82, 2.24) is 4.90 Å². The van der Waals surface area contributed by atoms with Gasteiger partial charge in [-0.15, -0.1) is 0 Å². The highest BCUT2D eigenvalue weighted by Gasteiger charge is 2.21. The van der Waals surface area contributed by atoms with E-state index in [0.29, 0.717) is 12.5 Å². The maximum atomic E-state index is 9.02. The van der Waals surface area contributed by atoms with Gasteiger partial charge in [0.05, 0.1) is 0 Å². The Labute approximate surface area is 119 Å². The minimum atomic E-state index is 0.339. The van der Waals surface area contributed by atoms with Crippen molar-refractivity contribution >= 4 is 11.3 Å². The molecule has 0 spiro atoms. The molecule has 1 saturated heterocycles. The van der Waals surface area contributed by atoms with Gasteiger partial charge >= 0.3 is 0 Å². The molecule has 0 unspecified atom stereocenters. The molecule has 1 N–H and O–H groups in total. The summed E-state index contributed by atoms with van der Waals surface area (Å²) in [5, 5.41) is 13.1. The van der Waals surface area contributed by atoms with E-state index in [2.05, 4.69) is 29.2 Å². The SMILES string of the molecule is OC[C@H]1CCN(Cc2ccccc2)C1.c1ccsc1. The Balaban J connectivity index is 0.000000224. The van der Waals surface area contributed by atoms with E-state index < -0.39 is 0 Å². The molecule has 0 amide bonds. The van der Waals surface area contributed by atoms with Gasteiger partial charge in [0, 0.05) is 19.7 Å². The standard InChI is InChI=1S/C12H17NO.C4H4S/c14-10-12-6-7-13(9-12)8-11-4-2-1-3-5-11;1-2-4-5-3-1/h1-5,12,14H,6-10H2;1-4H/t12-;/m0./s1. The number of hydrogen-bond donors (Lipinski definition) is 1. The zero-order chi connectivity index (χ0) is 13.3. The first-order chi connectivity index (χ1) is 9.38. The Kier molecular flexibility index (Phi) is 6.08. The van der Waals surface area contributed by atoms with Crippen molar-refractivity contribution < 1.29 is 5.11 Å². The summed E-state index contributed by atoms with van der Waals surface area (Å²) in [7, 11) is 0. The number of nitrogens with zero attached hydrogens (tertiary/aromatic N) is 1. The third kappa shape index (κ3) is 5.15. The Bertz CT molecular complexity index is 412. The van der Waals surface area contributed by atoms with E-state index in [1.807, 2.05) is 29.0 Å². The number of thiophene rings is 1. The molecular formula is C16H21NOS. The first-order valence-corrected chi connectivity index (χ1v) is 7.67. The van der Waals surface area contributed by atoms with Gasteiger partial charge in [0.25, 0.3) is 0 Å². The summed E-state index contributed by atoms with van der Waals surface area (Å²) >= 11 is 1.71. The van der Waals surface area contributed by atoms with Crippen LogP contribution in [0, 0.1) is 5.92 Å². The van der Waals surface area contributed by atoms with Gasteiger partial charge in [0.2, 0.25) is 0 Å². The normalized spacial score (nSPS) is 18.9. The summed E-state index contributed by atoms with van der Waals surface area (Å²) in [5.41, 5.74) is 1.37. The quantitative estimate of drug-likeness (QED) is 0.929. The van der Waals surface area contributed by atoms with E-state index in [-0.39, 0.29) is 0 Å². The second-order valence-corrected chi connectivity index (χ2v) is 5.67. The molecule has 1 aliphatic rings. The molecule has 0 radical (unpaired) electrons. The molecule has 2 nitrogen and oxygen atoms in total. The van der Waals surface area contributed by atoms with Gasteiger partial charge in [-0.05, 0) is 35.2 Å². The highest BCUT2D eigenvalue weighted by Crippen LogP contribution is 2.17. The number of likely N-dealkylation sites (tertiary alicyclic amines) is 1. The van der Waals surface area contributed by atoms with Gasteiger partial charge in [-0.3, -0.25) is 4.90 Å². The molecule has 102 valence electrons. The van der Waals surface area contributed by atoms with Crippen LogP contribution < -0.4 is 0 Å². The van der Waals surface area contributed by atoms with E-state index >= 15 is 0 Å². The van der Waals surface area contributed by atoms with Crippen molar-refractivity contribution in [3.05, 3.63) is 58.8 Å². The number of benzene rings is 1. The second kappa shape index (κ2) is 8.10. The third-order valence-corrected chi connectivity index (χ3v) is 3.93. The van der Waals surface area contributed by atoms with Crippen LogP contribution in [0.1, 0.15) is 12.0 Å². The number of aliphatic hydroxyl groups is 1. The van der Waals surface area contributed by atoms with Crippen molar-refractivity contribution in [3.63, 3.8) is 0 Å². The molecule has 0 saturated carbocycles. The second-order valence-electron chi connectivity index (χ2n) is 4.85. The molecule has 1 aliphatic heterocycles. The first kappa shape index (κ1) is 14.3. The molecule has 3 heteroatoms. The maximum absolute atomic E-state index is 9.02. The summed E-state index contributed by atoms with van der Waals surface area (Å²) < 4.78 is 0. The van der Waals surface area contributed by atoms with Crippen LogP contribution in [0.5, 0.6) is 0 Å². The lowest BCUT2D eigenvalue weighted by atomic mass is 10.1. The van der Waals surface area contributed by atoms with E-state index in [1.54, 1.807) is 11.3 Å². The number of aliphatic hydroxyl groups excluding tert-OH is 1. The van der Waals surface area contributed by atoms with E-state index in [9.17, 15) is 0 Å². The monoisotopic (exact) mass is 275 g/mol. The van der Waals surface area contributed by atoms with Crippen LogP contribution in [0.15, 0.2) is 53.2 Å². The first-order valence-electron chi connectivity index (χ1n) is 6.73. The summed E-state index contributed by atoms with van der Waals surface area (Å²) in [5.74, 6) is 0.499. The molecule has 1 fully saturated rings. The van der Waals surface area contributed by atoms with Gasteiger partial charge in [0.1, 0.15) is 0 Å². The van der Waals surface area contributed by atoms with Crippen LogP contribution in [-0.2, 0) is 6.54 Å². The van der Waals surface area contributed by atoms with Crippen LogP contribution in [-0.4, -0.2) is 29.7 Å². The zero-order valence-corrected chi connectivity index (χ0v) is 11.9. The Hall–Kier alpha value is -1.16. The molecule has 1 aromatic heterocycles. The molecule has 1 atom stereocenters. The fourth-order valence-corrected chi connectivity index (χ4v) is 2.73. The highest BCUT2D eigenvalue weighted by atomic mass is 32.1. The van der Waals surface area contributed by atoms with Crippen LogP contribution in [0.3, 0.4) is 0 Å². The van der Waals surface area contributed by atoms with E-state index in [0.717, 1.165) is 26.1 Å². The summed E-state index contributed by atoms with van der Waals surface area (Å²) in [6.45, 7) is 3.54. The van der Waals surface area contributed by atoms with Crippen molar-refractivity contribution in [2.45, 2.75) is 13.0 Å². The molecule has 0 bridgehead atoms. The Morgan fingerprint density at radius 3 is 2.37 bits per heavy atom. The smallest absolute Gasteiger partial charge is 0.0471 e. The molecular weight excluding hydrogens is 254 g/mol. The summed E-state index contributed by atoms with van der Waals surface area (Å²) in [6, 6.07) is 14.6. The lowest BCUT2D eigenvalue weighted by Crippen LogP contribution is -2.20. The van der Waals surface area contributed by atoms with Crippen molar-refractivity contribution in [2.24, 2.45) is 5.92 Å². The topological polar surface area (TPSA) is 23.5 Å². The van der Waals surface area contributed by atoms with Gasteiger partial charge in [-0.2, -0.15) is 11.3 Å². The van der Waals surface area contributed by atoms with Crippen molar-refractivity contribution in [3.8, 4) is 0 Å². The van der Waals surface area contributed by atoms with Gasteiger partial charge < -0.3 is 5.11 Å². The van der Waals surface area contributed by atoms with E-state index in [4.69, 9.17) is 5.11 Å². The maximum Gasteiger partial charge on any atom is 0.0471 e. The molecule has 0 aliphatic carbocycles. The number of hydrogen-bond acceptors (Lipinski definition) is 3. The average molecular weight is 275 g/mol. The van der Waals surface area contributed by atoms with Crippen LogP contribution in [0.2, 0.25) is 0 Å². The van der Waals surface area contributed by atoms with Crippen molar-refractivity contribution in [1.29, 1.82) is 0 Å². The zero-order valence-electron chi connectivity index (χ0n) is 11.1. The minimum absolute atomic E-state index is 0.339. The van der Waals surface area contributed by atoms with Gasteiger partial charge in [-0.25, -0.2) is 0 Å². The predicted molar refractivity (Wildman–Crippen MR) is 81.2 cm³/mol. The predicted octanol–water partition coefficient (Wildman–Crippen LogP) is 3.25. The fourth-order valence-electron chi connectivity index (χ4n) is 2.27. The van der Waals surface area contributed by atoms with Gasteiger partial charge in [0.15, 0.2) is 0 Å². The molecule has 19 heavy (non-hydrogen) atoms. The fraction of sp³-hybridized carbons (Fsp3) is 0.375. The largest absolute Gasteiger partial charge is 0.396 e. The number of rotatable bonds is 3. The van der Waals surface area contributed by atoms with Crippen LogP contribution >= 0.6 is 11.3 Å². The Morgan fingerprint density at radius 2 is 1.84 bits per heavy atom. The average Bonchev–Trinajstić information content (AvgIpc) is 3.14. The molecule has 2 heterocycles. The lowest BCUT2D eigenvalue weighted by Gasteiger charge is -2.15. The van der Waals surface area contributed by atoms with Gasteiger partial charge in [-0.1, -0.05) is 42.5 Å². The molecule has 2 aromatic rings. The lowest BCUT2D eigenvalue weighted by molar-refractivity contribution is 0.220. The highest BCUT2D eigenvalue weighted by molar-refractivity contribution is 7.07. The summed E-state index contributed by atoms with van der Waals surface area (Å²) in [6.07, 6.45) is 1.14. The third-order valence-electron chi connectivity index (χ3n) is 3.30. The summed E-state index contributed by atoms with van der Waals surface area (Å²) in [4.78, 5) is 2.41. The van der Waals surface area contributed by atoms with E-state index in [1.165, 1.54) is 5.56 Å². The van der Waals surface area contributed by atoms with Crippen LogP contribution in [0.25, 0.3) is 0 Å². The Morgan fingerprint density at radius 1 is 1.11 bits per heavy atom. The minimum Gasteiger partial charge on any atom is -0.396 e.